The molecule has 0 N–H and O–H groups in total. The second-order valence-electron chi connectivity index (χ2n) is 6.35. The van der Waals surface area contributed by atoms with Crippen LogP contribution in [0.15, 0.2) is 42.5 Å². The molecule has 0 aromatic heterocycles. The Labute approximate surface area is 150 Å². The maximum absolute atomic E-state index is 13.8. The van der Waals surface area contributed by atoms with Crippen molar-refractivity contribution in [2.24, 2.45) is 0 Å². The minimum Gasteiger partial charge on any atom is -0.495 e. The van der Waals surface area contributed by atoms with E-state index in [9.17, 15) is 9.18 Å². The van der Waals surface area contributed by atoms with Crippen molar-refractivity contribution < 1.29 is 13.9 Å². The number of ether oxygens (including phenoxy) is 1. The summed E-state index contributed by atoms with van der Waals surface area (Å²) >= 11 is 6.26. The van der Waals surface area contributed by atoms with E-state index in [0.717, 1.165) is 24.9 Å². The number of amides is 1. The van der Waals surface area contributed by atoms with Crippen molar-refractivity contribution in [3.8, 4) is 5.75 Å². The predicted molar refractivity (Wildman–Crippen MR) is 94.4 cm³/mol. The fraction of sp³-hybridized carbons (Fsp3) is 0.316. The Balaban J connectivity index is 1.80. The number of hydrogen-bond donors (Lipinski definition) is 0. The summed E-state index contributed by atoms with van der Waals surface area (Å²) in [6.07, 6.45) is 1.48. The van der Waals surface area contributed by atoms with E-state index >= 15 is 0 Å². The molecule has 2 aliphatic rings. The van der Waals surface area contributed by atoms with E-state index in [-0.39, 0.29) is 23.9 Å². The zero-order chi connectivity index (χ0) is 17.6. The monoisotopic (exact) mass is 360 g/mol. The first-order chi connectivity index (χ1) is 12.1. The molecule has 0 saturated carbocycles. The third-order valence-electron chi connectivity index (χ3n) is 4.94. The van der Waals surface area contributed by atoms with Crippen LogP contribution in [0.5, 0.6) is 5.75 Å². The van der Waals surface area contributed by atoms with Crippen molar-refractivity contribution >= 4 is 23.2 Å². The van der Waals surface area contributed by atoms with Gasteiger partial charge < -0.3 is 4.74 Å². The van der Waals surface area contributed by atoms with E-state index in [1.165, 1.54) is 12.1 Å². The second-order valence-corrected chi connectivity index (χ2v) is 6.76. The highest BCUT2D eigenvalue weighted by Gasteiger charge is 2.49. The molecule has 2 aliphatic heterocycles. The number of carbonyl (C=O) groups is 1. The van der Waals surface area contributed by atoms with Crippen LogP contribution >= 0.6 is 11.6 Å². The van der Waals surface area contributed by atoms with Gasteiger partial charge in [0.2, 0.25) is 5.91 Å². The van der Waals surface area contributed by atoms with Gasteiger partial charge in [-0.3, -0.25) is 14.6 Å². The van der Waals surface area contributed by atoms with E-state index in [1.807, 2.05) is 12.1 Å². The summed E-state index contributed by atoms with van der Waals surface area (Å²) in [6.45, 7) is 0.817. The molecule has 2 saturated heterocycles. The predicted octanol–water partition coefficient (Wildman–Crippen LogP) is 4.00. The lowest BCUT2D eigenvalue weighted by molar-refractivity contribution is -0.119. The smallest absolute Gasteiger partial charge is 0.246 e. The number of halogens is 2. The fourth-order valence-corrected chi connectivity index (χ4v) is 4.11. The summed E-state index contributed by atoms with van der Waals surface area (Å²) < 4.78 is 19.0. The Kier molecular flexibility index (Phi) is 4.13. The van der Waals surface area contributed by atoms with Crippen LogP contribution in [0.25, 0.3) is 0 Å². The topological polar surface area (TPSA) is 32.8 Å². The van der Waals surface area contributed by atoms with Crippen LogP contribution in [0.2, 0.25) is 5.02 Å². The average Bonchev–Trinajstić information content (AvgIpc) is 3.17. The first-order valence-corrected chi connectivity index (χ1v) is 8.66. The molecule has 2 heterocycles. The Bertz CT molecular complexity index is 829. The van der Waals surface area contributed by atoms with Gasteiger partial charge >= 0.3 is 0 Å². The van der Waals surface area contributed by atoms with Gasteiger partial charge in [0.1, 0.15) is 17.7 Å². The second kappa shape index (κ2) is 6.32. The highest BCUT2D eigenvalue weighted by molar-refractivity contribution is 6.32. The van der Waals surface area contributed by atoms with Gasteiger partial charge in [-0.1, -0.05) is 23.7 Å². The molecule has 0 spiro atoms. The van der Waals surface area contributed by atoms with Crippen LogP contribution in [0.1, 0.15) is 24.6 Å². The molecule has 2 atom stereocenters. The summed E-state index contributed by atoms with van der Waals surface area (Å²) in [6, 6.07) is 11.6. The van der Waals surface area contributed by atoms with Gasteiger partial charge in [-0.25, -0.2) is 4.39 Å². The standard InChI is InChI=1S/C19H18ClFN2O2/c1-25-17-8-7-14(11-15(17)20)23-18(12-4-2-5-13(21)10-12)22-9-3-6-16(22)19(23)24/h2,4-5,7-8,10-11,16,18H,3,6,9H2,1H3/t16-,18+/m0/s1. The molecule has 1 amide bonds. The molecule has 2 fully saturated rings. The molecule has 0 unspecified atom stereocenters. The van der Waals surface area contributed by atoms with E-state index < -0.39 is 0 Å². The quantitative estimate of drug-likeness (QED) is 0.829. The molecular weight excluding hydrogens is 343 g/mol. The van der Waals surface area contributed by atoms with E-state index in [2.05, 4.69) is 4.90 Å². The number of hydrogen-bond acceptors (Lipinski definition) is 3. The van der Waals surface area contributed by atoms with Crippen LogP contribution in [0.3, 0.4) is 0 Å². The van der Waals surface area contributed by atoms with Crippen molar-refractivity contribution in [3.63, 3.8) is 0 Å². The van der Waals surface area contributed by atoms with E-state index in [1.54, 1.807) is 30.2 Å². The number of methoxy groups -OCH3 is 1. The summed E-state index contributed by atoms with van der Waals surface area (Å²) in [5, 5.41) is 0.442. The zero-order valence-corrected chi connectivity index (χ0v) is 14.5. The minimum absolute atomic E-state index is 0.0352. The summed E-state index contributed by atoms with van der Waals surface area (Å²) in [5.74, 6) is 0.285. The molecule has 4 nitrogen and oxygen atoms in total. The number of fused-ring (bicyclic) bond motifs is 1. The van der Waals surface area contributed by atoms with Gasteiger partial charge in [0.05, 0.1) is 18.2 Å². The lowest BCUT2D eigenvalue weighted by atomic mass is 10.1. The number of carbonyl (C=O) groups excluding carboxylic acids is 1. The molecule has 0 aliphatic carbocycles. The van der Waals surface area contributed by atoms with Gasteiger partial charge in [-0.05, 0) is 48.7 Å². The van der Waals surface area contributed by atoms with Gasteiger partial charge in [-0.15, -0.1) is 0 Å². The van der Waals surface area contributed by atoms with E-state index in [0.29, 0.717) is 16.5 Å². The van der Waals surface area contributed by atoms with Crippen molar-refractivity contribution in [1.29, 1.82) is 0 Å². The van der Waals surface area contributed by atoms with Crippen LogP contribution in [-0.2, 0) is 4.79 Å². The molecular formula is C19H18ClFN2O2. The minimum atomic E-state index is -0.319. The van der Waals surface area contributed by atoms with Crippen LogP contribution in [-0.4, -0.2) is 30.5 Å². The highest BCUT2D eigenvalue weighted by Crippen LogP contribution is 2.43. The van der Waals surface area contributed by atoms with Crippen molar-refractivity contribution in [1.82, 2.24) is 4.90 Å². The first kappa shape index (κ1) is 16.4. The fourth-order valence-electron chi connectivity index (χ4n) is 3.86. The first-order valence-electron chi connectivity index (χ1n) is 8.28. The molecule has 2 aromatic carbocycles. The SMILES string of the molecule is COc1ccc(N2C(=O)[C@@H]3CCCN3[C@H]2c2cccc(F)c2)cc1Cl. The van der Waals surface area contributed by atoms with E-state index in [4.69, 9.17) is 16.3 Å². The molecule has 0 bridgehead atoms. The van der Waals surface area contributed by atoms with Crippen molar-refractivity contribution in [2.75, 3.05) is 18.6 Å². The third-order valence-corrected chi connectivity index (χ3v) is 5.23. The summed E-state index contributed by atoms with van der Waals surface area (Å²) in [7, 11) is 1.55. The van der Waals surface area contributed by atoms with Gasteiger partial charge in [-0.2, -0.15) is 0 Å². The normalized spacial score (nSPS) is 23.2. The molecule has 130 valence electrons. The Morgan fingerprint density at radius 3 is 2.80 bits per heavy atom. The van der Waals surface area contributed by atoms with Crippen molar-refractivity contribution in [2.45, 2.75) is 25.0 Å². The molecule has 2 aromatic rings. The lowest BCUT2D eigenvalue weighted by Gasteiger charge is -2.30. The largest absolute Gasteiger partial charge is 0.495 e. The lowest BCUT2D eigenvalue weighted by Crippen LogP contribution is -2.32. The maximum Gasteiger partial charge on any atom is 0.246 e. The van der Waals surface area contributed by atoms with Crippen LogP contribution in [0.4, 0.5) is 10.1 Å². The molecule has 4 rings (SSSR count). The van der Waals surface area contributed by atoms with Gasteiger partial charge in [0, 0.05) is 12.2 Å². The van der Waals surface area contributed by atoms with Gasteiger partial charge in [0.15, 0.2) is 0 Å². The maximum atomic E-state index is 13.8. The number of nitrogens with zero attached hydrogens (tertiary/aromatic N) is 2. The summed E-state index contributed by atoms with van der Waals surface area (Å²) in [5.41, 5.74) is 1.46. The number of anilines is 1. The summed E-state index contributed by atoms with van der Waals surface area (Å²) in [4.78, 5) is 16.9. The number of benzene rings is 2. The van der Waals surface area contributed by atoms with Crippen molar-refractivity contribution in [3.05, 3.63) is 58.9 Å². The molecule has 0 radical (unpaired) electrons. The number of rotatable bonds is 3. The molecule has 6 heteroatoms. The molecule has 25 heavy (non-hydrogen) atoms. The van der Waals surface area contributed by atoms with Crippen LogP contribution < -0.4 is 9.64 Å². The highest BCUT2D eigenvalue weighted by atomic mass is 35.5. The van der Waals surface area contributed by atoms with Gasteiger partial charge in [0.25, 0.3) is 0 Å². The average molecular weight is 361 g/mol. The Morgan fingerprint density at radius 2 is 2.08 bits per heavy atom. The third kappa shape index (κ3) is 2.68. The zero-order valence-electron chi connectivity index (χ0n) is 13.8. The Hall–Kier alpha value is -2.11. The Morgan fingerprint density at radius 1 is 1.24 bits per heavy atom. The van der Waals surface area contributed by atoms with Crippen LogP contribution in [0, 0.1) is 5.82 Å².